The van der Waals surface area contributed by atoms with E-state index in [1.807, 2.05) is 6.20 Å². The number of nitrogens with zero attached hydrogens (tertiary/aromatic N) is 2. The molecule has 0 aromatic carbocycles. The lowest BCUT2D eigenvalue weighted by molar-refractivity contribution is 0.431. The van der Waals surface area contributed by atoms with Gasteiger partial charge in [-0.1, -0.05) is 0 Å². The second kappa shape index (κ2) is 4.73. The van der Waals surface area contributed by atoms with Crippen LogP contribution in [0.15, 0.2) is 6.20 Å². The molecule has 0 bridgehead atoms. The van der Waals surface area contributed by atoms with Crippen LogP contribution in [0.2, 0.25) is 0 Å². The summed E-state index contributed by atoms with van der Waals surface area (Å²) in [4.78, 5) is 4.56. The molecule has 3 rings (SSSR count). The average Bonchev–Trinajstić information content (AvgIpc) is 2.83. The predicted octanol–water partition coefficient (Wildman–Crippen LogP) is 1.00. The minimum atomic E-state index is 0. The minimum Gasteiger partial charge on any atom is -0.329 e. The molecule has 1 aromatic heterocycles. The molecule has 4 nitrogen and oxygen atoms in total. The third kappa shape index (κ3) is 1.97. The van der Waals surface area contributed by atoms with Crippen LogP contribution in [0.3, 0.4) is 0 Å². The fourth-order valence-electron chi connectivity index (χ4n) is 2.68. The first-order valence-electron chi connectivity index (χ1n) is 5.88. The van der Waals surface area contributed by atoms with Gasteiger partial charge in [0.05, 0.1) is 6.04 Å². The lowest BCUT2D eigenvalue weighted by Crippen LogP contribution is -2.33. The first-order chi connectivity index (χ1) is 7.34. The third-order valence-corrected chi connectivity index (χ3v) is 3.53. The van der Waals surface area contributed by atoms with Crippen molar-refractivity contribution in [3.63, 3.8) is 0 Å². The van der Waals surface area contributed by atoms with Crippen LogP contribution >= 0.6 is 12.4 Å². The van der Waals surface area contributed by atoms with Crippen molar-refractivity contribution in [2.45, 2.75) is 44.3 Å². The van der Waals surface area contributed by atoms with Crippen molar-refractivity contribution in [2.75, 3.05) is 6.54 Å². The van der Waals surface area contributed by atoms with Crippen molar-refractivity contribution < 1.29 is 0 Å². The molecule has 3 N–H and O–H groups in total. The Balaban J connectivity index is 0.000000963. The Kier molecular flexibility index (Phi) is 3.52. The molecule has 0 saturated carbocycles. The largest absolute Gasteiger partial charge is 0.329 e. The number of nitrogens with two attached hydrogens (primary N) is 1. The molecule has 1 saturated heterocycles. The number of halogens is 1. The highest BCUT2D eigenvalue weighted by Gasteiger charge is 2.25. The molecule has 16 heavy (non-hydrogen) atoms. The molecule has 2 aliphatic heterocycles. The van der Waals surface area contributed by atoms with Crippen LogP contribution in [0.1, 0.15) is 36.8 Å². The molecular formula is C11H19ClN4. The maximum absolute atomic E-state index is 6.01. The number of aryl methyl sites for hydroxylation is 1. The van der Waals surface area contributed by atoms with Crippen LogP contribution in [-0.4, -0.2) is 22.1 Å². The first kappa shape index (κ1) is 11.9. The standard InChI is InChI=1S/C11H18N4.ClH/c12-8-3-4-9-6-14-11(15(9)7-8)10-2-1-5-13-10;/h6,8,10,13H,1-5,7,12H2;1H. The number of nitrogens with one attached hydrogen (secondary N) is 1. The molecular weight excluding hydrogens is 224 g/mol. The van der Waals surface area contributed by atoms with Gasteiger partial charge in [-0.3, -0.25) is 0 Å². The van der Waals surface area contributed by atoms with Gasteiger partial charge in [0, 0.05) is 24.5 Å². The summed E-state index contributed by atoms with van der Waals surface area (Å²) in [6, 6.07) is 0.774. The summed E-state index contributed by atoms with van der Waals surface area (Å²) in [5, 5.41) is 3.50. The Hall–Kier alpha value is -0.580. The zero-order valence-corrected chi connectivity index (χ0v) is 10.2. The molecule has 1 fully saturated rings. The van der Waals surface area contributed by atoms with Crippen LogP contribution in [0.5, 0.6) is 0 Å². The molecule has 3 heterocycles. The maximum atomic E-state index is 6.01. The van der Waals surface area contributed by atoms with E-state index in [1.165, 1.54) is 24.4 Å². The smallest absolute Gasteiger partial charge is 0.126 e. The van der Waals surface area contributed by atoms with E-state index >= 15 is 0 Å². The number of fused-ring (bicyclic) bond motifs is 1. The number of imidazole rings is 1. The van der Waals surface area contributed by atoms with E-state index in [0.717, 1.165) is 25.9 Å². The number of rotatable bonds is 1. The monoisotopic (exact) mass is 242 g/mol. The van der Waals surface area contributed by atoms with Crippen molar-refractivity contribution in [3.8, 4) is 0 Å². The van der Waals surface area contributed by atoms with Gasteiger partial charge in [0.15, 0.2) is 0 Å². The van der Waals surface area contributed by atoms with Gasteiger partial charge in [-0.25, -0.2) is 4.98 Å². The fraction of sp³-hybridized carbons (Fsp3) is 0.727. The normalized spacial score (nSPS) is 28.6. The summed E-state index contributed by atoms with van der Waals surface area (Å²) in [6.45, 7) is 2.07. The van der Waals surface area contributed by atoms with Crippen molar-refractivity contribution in [3.05, 3.63) is 17.7 Å². The second-order valence-electron chi connectivity index (χ2n) is 4.67. The third-order valence-electron chi connectivity index (χ3n) is 3.53. The molecule has 2 aliphatic rings. The molecule has 0 amide bonds. The average molecular weight is 243 g/mol. The van der Waals surface area contributed by atoms with E-state index in [4.69, 9.17) is 5.73 Å². The SMILES string of the molecule is Cl.NC1CCc2cnc(C3CCCN3)n2C1. The zero-order chi connectivity index (χ0) is 10.3. The molecule has 90 valence electrons. The van der Waals surface area contributed by atoms with Gasteiger partial charge in [0.1, 0.15) is 5.82 Å². The molecule has 0 radical (unpaired) electrons. The van der Waals surface area contributed by atoms with E-state index in [0.29, 0.717) is 12.1 Å². The lowest BCUT2D eigenvalue weighted by atomic mass is 10.1. The summed E-state index contributed by atoms with van der Waals surface area (Å²) >= 11 is 0. The molecule has 0 spiro atoms. The Morgan fingerprint density at radius 2 is 2.31 bits per heavy atom. The highest BCUT2D eigenvalue weighted by molar-refractivity contribution is 5.85. The van der Waals surface area contributed by atoms with E-state index in [-0.39, 0.29) is 12.4 Å². The fourth-order valence-corrected chi connectivity index (χ4v) is 2.68. The van der Waals surface area contributed by atoms with Gasteiger partial charge in [-0.15, -0.1) is 12.4 Å². The van der Waals surface area contributed by atoms with E-state index in [1.54, 1.807) is 0 Å². The Bertz CT molecular complexity index is 357. The minimum absolute atomic E-state index is 0. The van der Waals surface area contributed by atoms with Crippen LogP contribution < -0.4 is 11.1 Å². The molecule has 2 unspecified atom stereocenters. The predicted molar refractivity (Wildman–Crippen MR) is 65.7 cm³/mol. The Morgan fingerprint density at radius 3 is 3.06 bits per heavy atom. The highest BCUT2D eigenvalue weighted by atomic mass is 35.5. The lowest BCUT2D eigenvalue weighted by Gasteiger charge is -2.23. The van der Waals surface area contributed by atoms with E-state index in [9.17, 15) is 0 Å². The van der Waals surface area contributed by atoms with Crippen LogP contribution in [-0.2, 0) is 13.0 Å². The quantitative estimate of drug-likeness (QED) is 0.773. The topological polar surface area (TPSA) is 55.9 Å². The van der Waals surface area contributed by atoms with Crippen LogP contribution in [0.25, 0.3) is 0 Å². The summed E-state index contributed by atoms with van der Waals surface area (Å²) in [5.74, 6) is 1.21. The van der Waals surface area contributed by atoms with Crippen molar-refractivity contribution in [1.29, 1.82) is 0 Å². The summed E-state index contributed by atoms with van der Waals surface area (Å²) in [5.41, 5.74) is 7.37. The van der Waals surface area contributed by atoms with Crippen molar-refractivity contribution >= 4 is 12.4 Å². The van der Waals surface area contributed by atoms with Crippen molar-refractivity contribution in [2.24, 2.45) is 5.73 Å². The first-order valence-corrected chi connectivity index (χ1v) is 5.88. The van der Waals surface area contributed by atoms with Gasteiger partial charge in [-0.05, 0) is 32.2 Å². The number of hydrogen-bond donors (Lipinski definition) is 2. The zero-order valence-electron chi connectivity index (χ0n) is 9.35. The summed E-state index contributed by atoms with van der Waals surface area (Å²) < 4.78 is 2.33. The molecule has 5 heteroatoms. The second-order valence-corrected chi connectivity index (χ2v) is 4.67. The number of hydrogen-bond acceptors (Lipinski definition) is 3. The van der Waals surface area contributed by atoms with Gasteiger partial charge in [0.2, 0.25) is 0 Å². The highest BCUT2D eigenvalue weighted by Crippen LogP contribution is 2.25. The van der Waals surface area contributed by atoms with Crippen molar-refractivity contribution in [1.82, 2.24) is 14.9 Å². The molecule has 2 atom stereocenters. The van der Waals surface area contributed by atoms with E-state index in [2.05, 4.69) is 14.9 Å². The van der Waals surface area contributed by atoms with E-state index < -0.39 is 0 Å². The molecule has 1 aromatic rings. The van der Waals surface area contributed by atoms with Gasteiger partial charge < -0.3 is 15.6 Å². The van der Waals surface area contributed by atoms with Gasteiger partial charge in [0.25, 0.3) is 0 Å². The van der Waals surface area contributed by atoms with Gasteiger partial charge >= 0.3 is 0 Å². The van der Waals surface area contributed by atoms with Crippen LogP contribution in [0.4, 0.5) is 0 Å². The number of aromatic nitrogens is 2. The summed E-state index contributed by atoms with van der Waals surface area (Å²) in [7, 11) is 0. The maximum Gasteiger partial charge on any atom is 0.126 e. The Labute approximate surface area is 102 Å². The molecule has 0 aliphatic carbocycles. The summed E-state index contributed by atoms with van der Waals surface area (Å²) in [6.07, 6.45) is 6.69. The Morgan fingerprint density at radius 1 is 1.44 bits per heavy atom. The van der Waals surface area contributed by atoms with Gasteiger partial charge in [-0.2, -0.15) is 0 Å². The van der Waals surface area contributed by atoms with Crippen LogP contribution in [0, 0.1) is 0 Å².